The molecule has 0 aliphatic rings. The van der Waals surface area contributed by atoms with Crippen LogP contribution in [-0.2, 0) is 6.54 Å². The molecule has 0 saturated carbocycles. The zero-order chi connectivity index (χ0) is 14.1. The number of fused-ring (bicyclic) bond motifs is 1. The van der Waals surface area contributed by atoms with Crippen molar-refractivity contribution < 1.29 is 0 Å². The Morgan fingerprint density at radius 2 is 1.85 bits per heavy atom. The molecule has 2 N–H and O–H groups in total. The van der Waals surface area contributed by atoms with Gasteiger partial charge in [0.25, 0.3) is 0 Å². The molecule has 3 heteroatoms. The van der Waals surface area contributed by atoms with E-state index >= 15 is 0 Å². The highest BCUT2D eigenvalue weighted by Crippen LogP contribution is 2.31. The van der Waals surface area contributed by atoms with Gasteiger partial charge in [-0.1, -0.05) is 44.2 Å². The average molecular weight is 265 g/mol. The SMILES string of the molecule is CC(C)Cn1cc(-c2cccc3c(N)cccc23)cn1. The summed E-state index contributed by atoms with van der Waals surface area (Å²) >= 11 is 0. The van der Waals surface area contributed by atoms with Gasteiger partial charge in [0.05, 0.1) is 6.20 Å². The van der Waals surface area contributed by atoms with Crippen LogP contribution >= 0.6 is 0 Å². The van der Waals surface area contributed by atoms with Gasteiger partial charge in [-0.05, 0) is 22.9 Å². The van der Waals surface area contributed by atoms with Crippen molar-refractivity contribution >= 4 is 16.5 Å². The summed E-state index contributed by atoms with van der Waals surface area (Å²) in [6.07, 6.45) is 4.04. The molecule has 0 aliphatic heterocycles. The Morgan fingerprint density at radius 1 is 1.10 bits per heavy atom. The maximum atomic E-state index is 6.05. The molecular formula is C17H19N3. The fourth-order valence-corrected chi connectivity index (χ4v) is 2.56. The fourth-order valence-electron chi connectivity index (χ4n) is 2.56. The number of nitrogens with two attached hydrogens (primary N) is 1. The lowest BCUT2D eigenvalue weighted by molar-refractivity contribution is 0.483. The van der Waals surface area contributed by atoms with Gasteiger partial charge in [-0.25, -0.2) is 0 Å². The molecule has 1 aromatic heterocycles. The van der Waals surface area contributed by atoms with Crippen molar-refractivity contribution in [2.75, 3.05) is 5.73 Å². The smallest absolute Gasteiger partial charge is 0.0568 e. The largest absolute Gasteiger partial charge is 0.398 e. The van der Waals surface area contributed by atoms with Gasteiger partial charge in [0.15, 0.2) is 0 Å². The summed E-state index contributed by atoms with van der Waals surface area (Å²) in [5, 5.41) is 6.72. The lowest BCUT2D eigenvalue weighted by Gasteiger charge is -2.07. The van der Waals surface area contributed by atoms with E-state index in [1.807, 2.05) is 29.1 Å². The van der Waals surface area contributed by atoms with Crippen molar-refractivity contribution in [2.24, 2.45) is 5.92 Å². The van der Waals surface area contributed by atoms with E-state index in [9.17, 15) is 0 Å². The van der Waals surface area contributed by atoms with E-state index in [1.54, 1.807) is 0 Å². The molecule has 2 aromatic carbocycles. The quantitative estimate of drug-likeness (QED) is 0.729. The molecule has 0 amide bonds. The lowest BCUT2D eigenvalue weighted by atomic mass is 10.00. The van der Waals surface area contributed by atoms with E-state index in [1.165, 1.54) is 10.9 Å². The number of nitrogen functional groups attached to an aromatic ring is 1. The predicted octanol–water partition coefficient (Wildman–Crippen LogP) is 3.94. The molecule has 20 heavy (non-hydrogen) atoms. The van der Waals surface area contributed by atoms with Crippen molar-refractivity contribution in [3.8, 4) is 11.1 Å². The molecule has 0 bridgehead atoms. The zero-order valence-corrected chi connectivity index (χ0v) is 11.9. The summed E-state index contributed by atoms with van der Waals surface area (Å²) in [4.78, 5) is 0. The third kappa shape index (κ3) is 2.27. The minimum absolute atomic E-state index is 0.589. The van der Waals surface area contributed by atoms with Gasteiger partial charge in [-0.2, -0.15) is 5.10 Å². The van der Waals surface area contributed by atoms with Crippen LogP contribution < -0.4 is 5.73 Å². The van der Waals surface area contributed by atoms with Crippen LogP contribution in [0, 0.1) is 5.92 Å². The number of hydrogen-bond donors (Lipinski definition) is 1. The molecule has 0 unspecified atom stereocenters. The van der Waals surface area contributed by atoms with Gasteiger partial charge >= 0.3 is 0 Å². The van der Waals surface area contributed by atoms with Crippen molar-refractivity contribution in [3.05, 3.63) is 48.8 Å². The Bertz CT molecular complexity index is 741. The van der Waals surface area contributed by atoms with Crippen LogP contribution in [0.1, 0.15) is 13.8 Å². The standard InChI is InChI=1S/C17H19N3/c1-12(2)10-20-11-13(9-19-20)14-5-3-7-16-15(14)6-4-8-17(16)18/h3-9,11-12H,10,18H2,1-2H3. The number of nitrogens with zero attached hydrogens (tertiary/aromatic N) is 2. The molecule has 3 nitrogen and oxygen atoms in total. The Balaban J connectivity index is 2.10. The van der Waals surface area contributed by atoms with Gasteiger partial charge < -0.3 is 5.73 Å². The Morgan fingerprint density at radius 3 is 2.65 bits per heavy atom. The third-order valence-electron chi connectivity index (χ3n) is 3.45. The first kappa shape index (κ1) is 12.7. The Labute approximate surface area is 119 Å². The minimum atomic E-state index is 0.589. The maximum Gasteiger partial charge on any atom is 0.0568 e. The van der Waals surface area contributed by atoms with Gasteiger partial charge in [0.1, 0.15) is 0 Å². The van der Waals surface area contributed by atoms with Crippen LogP contribution in [0.3, 0.4) is 0 Å². The van der Waals surface area contributed by atoms with Gasteiger partial charge in [-0.3, -0.25) is 4.68 Å². The van der Waals surface area contributed by atoms with E-state index in [4.69, 9.17) is 5.73 Å². The van der Waals surface area contributed by atoms with Crippen LogP contribution in [0.5, 0.6) is 0 Å². The first-order valence-electron chi connectivity index (χ1n) is 6.95. The molecule has 0 spiro atoms. The number of rotatable bonds is 3. The zero-order valence-electron chi connectivity index (χ0n) is 11.9. The Kier molecular flexibility index (Phi) is 3.18. The first-order chi connectivity index (χ1) is 9.65. The number of benzene rings is 2. The summed E-state index contributed by atoms with van der Waals surface area (Å²) in [5.74, 6) is 0.589. The molecule has 102 valence electrons. The number of aromatic nitrogens is 2. The lowest BCUT2D eigenvalue weighted by Crippen LogP contribution is -2.03. The van der Waals surface area contributed by atoms with E-state index in [2.05, 4.69) is 43.3 Å². The second-order valence-corrected chi connectivity index (χ2v) is 5.59. The van der Waals surface area contributed by atoms with Crippen molar-refractivity contribution in [1.29, 1.82) is 0 Å². The topological polar surface area (TPSA) is 43.8 Å². The molecule has 1 heterocycles. The summed E-state index contributed by atoms with van der Waals surface area (Å²) < 4.78 is 2.01. The van der Waals surface area contributed by atoms with Crippen LogP contribution in [0.2, 0.25) is 0 Å². The van der Waals surface area contributed by atoms with Crippen LogP contribution in [0.4, 0.5) is 5.69 Å². The van der Waals surface area contributed by atoms with Gasteiger partial charge in [0, 0.05) is 29.4 Å². The van der Waals surface area contributed by atoms with Crippen LogP contribution in [0.15, 0.2) is 48.8 Å². The van der Waals surface area contributed by atoms with E-state index in [-0.39, 0.29) is 0 Å². The van der Waals surface area contributed by atoms with Crippen LogP contribution in [-0.4, -0.2) is 9.78 Å². The predicted molar refractivity (Wildman–Crippen MR) is 84.4 cm³/mol. The second-order valence-electron chi connectivity index (χ2n) is 5.59. The van der Waals surface area contributed by atoms with E-state index < -0.39 is 0 Å². The number of hydrogen-bond acceptors (Lipinski definition) is 2. The number of anilines is 1. The minimum Gasteiger partial charge on any atom is -0.398 e. The Hall–Kier alpha value is -2.29. The van der Waals surface area contributed by atoms with Gasteiger partial charge in [0.2, 0.25) is 0 Å². The molecule has 0 aliphatic carbocycles. The van der Waals surface area contributed by atoms with Crippen LogP contribution in [0.25, 0.3) is 21.9 Å². The third-order valence-corrected chi connectivity index (χ3v) is 3.45. The van der Waals surface area contributed by atoms with Gasteiger partial charge in [-0.15, -0.1) is 0 Å². The molecule has 0 fully saturated rings. The second kappa shape index (κ2) is 5.00. The normalized spacial score (nSPS) is 11.3. The highest BCUT2D eigenvalue weighted by molar-refractivity contribution is 6.02. The van der Waals surface area contributed by atoms with Crippen molar-refractivity contribution in [3.63, 3.8) is 0 Å². The summed E-state index contributed by atoms with van der Waals surface area (Å²) in [6, 6.07) is 12.3. The molecule has 3 aromatic rings. The molecule has 0 saturated heterocycles. The first-order valence-corrected chi connectivity index (χ1v) is 6.95. The molecule has 0 atom stereocenters. The van der Waals surface area contributed by atoms with E-state index in [0.29, 0.717) is 5.92 Å². The van der Waals surface area contributed by atoms with Crippen molar-refractivity contribution in [1.82, 2.24) is 9.78 Å². The van der Waals surface area contributed by atoms with E-state index in [0.717, 1.165) is 23.2 Å². The summed E-state index contributed by atoms with van der Waals surface area (Å²) in [6.45, 7) is 5.33. The average Bonchev–Trinajstić information content (AvgIpc) is 2.86. The fraction of sp³-hybridized carbons (Fsp3) is 0.235. The summed E-state index contributed by atoms with van der Waals surface area (Å²) in [5.41, 5.74) is 9.20. The molecule has 3 rings (SSSR count). The maximum absolute atomic E-state index is 6.05. The highest BCUT2D eigenvalue weighted by Gasteiger charge is 2.08. The molecule has 0 radical (unpaired) electrons. The van der Waals surface area contributed by atoms with Crippen molar-refractivity contribution in [2.45, 2.75) is 20.4 Å². The molecular weight excluding hydrogens is 246 g/mol. The highest BCUT2D eigenvalue weighted by atomic mass is 15.3. The summed E-state index contributed by atoms with van der Waals surface area (Å²) in [7, 11) is 0. The monoisotopic (exact) mass is 265 g/mol.